The summed E-state index contributed by atoms with van der Waals surface area (Å²) in [6.45, 7) is 7.36. The molecule has 0 N–H and O–H groups in total. The fourth-order valence-electron chi connectivity index (χ4n) is 2.48. The highest BCUT2D eigenvalue weighted by atomic mass is 19.3. The first-order chi connectivity index (χ1) is 7.77. The lowest BCUT2D eigenvalue weighted by atomic mass is 9.74. The van der Waals surface area contributed by atoms with Gasteiger partial charge in [0.25, 0.3) is 5.92 Å². The van der Waals surface area contributed by atoms with Crippen molar-refractivity contribution >= 4 is 5.91 Å². The van der Waals surface area contributed by atoms with Crippen LogP contribution in [0.15, 0.2) is 0 Å². The Morgan fingerprint density at radius 3 is 2.35 bits per heavy atom. The Kier molecular flexibility index (Phi) is 4.15. The number of amides is 1. The Labute approximate surface area is 102 Å². The van der Waals surface area contributed by atoms with Gasteiger partial charge in [-0.15, -0.1) is 0 Å². The number of carbonyl (C=O) groups is 1. The van der Waals surface area contributed by atoms with Crippen LogP contribution < -0.4 is 0 Å². The molecule has 1 rings (SSSR count). The van der Waals surface area contributed by atoms with E-state index in [0.717, 1.165) is 12.8 Å². The second-order valence-electron chi connectivity index (χ2n) is 5.50. The first-order valence-corrected chi connectivity index (χ1v) is 6.44. The molecule has 1 unspecified atom stereocenters. The maximum atomic E-state index is 13.6. The molecule has 1 atom stereocenters. The van der Waals surface area contributed by atoms with Gasteiger partial charge in [-0.05, 0) is 6.42 Å². The van der Waals surface area contributed by atoms with Crippen LogP contribution in [0.25, 0.3) is 0 Å². The zero-order valence-electron chi connectivity index (χ0n) is 11.2. The van der Waals surface area contributed by atoms with E-state index in [0.29, 0.717) is 0 Å². The minimum Gasteiger partial charge on any atom is -0.341 e. The highest BCUT2D eigenvalue weighted by Crippen LogP contribution is 2.46. The van der Waals surface area contributed by atoms with Crippen molar-refractivity contribution in [2.45, 2.75) is 52.9 Å². The Morgan fingerprint density at radius 1 is 1.41 bits per heavy atom. The lowest BCUT2D eigenvalue weighted by Crippen LogP contribution is -2.65. The molecule has 0 radical (unpaired) electrons. The van der Waals surface area contributed by atoms with Crippen LogP contribution in [0.3, 0.4) is 0 Å². The molecule has 1 amide bonds. The number of hydrogen-bond donors (Lipinski definition) is 0. The summed E-state index contributed by atoms with van der Waals surface area (Å²) >= 11 is 0. The summed E-state index contributed by atoms with van der Waals surface area (Å²) < 4.78 is 27.3. The van der Waals surface area contributed by atoms with Crippen LogP contribution in [0.4, 0.5) is 8.78 Å². The van der Waals surface area contributed by atoms with Gasteiger partial charge in [-0.1, -0.05) is 34.1 Å². The molecule has 1 heterocycles. The summed E-state index contributed by atoms with van der Waals surface area (Å²) in [5.41, 5.74) is -1.02. The summed E-state index contributed by atoms with van der Waals surface area (Å²) in [7, 11) is 0. The smallest absolute Gasteiger partial charge is 0.256 e. The molecule has 1 saturated heterocycles. The molecule has 2 nitrogen and oxygen atoms in total. The molecule has 0 saturated carbocycles. The first-order valence-electron chi connectivity index (χ1n) is 6.44. The lowest BCUT2D eigenvalue weighted by molar-refractivity contribution is -0.192. The van der Waals surface area contributed by atoms with Gasteiger partial charge in [0.15, 0.2) is 0 Å². The van der Waals surface area contributed by atoms with Crippen LogP contribution in [0, 0.1) is 11.3 Å². The quantitative estimate of drug-likeness (QED) is 0.730. The van der Waals surface area contributed by atoms with Gasteiger partial charge in [0.1, 0.15) is 0 Å². The van der Waals surface area contributed by atoms with Crippen molar-refractivity contribution in [3.05, 3.63) is 0 Å². The van der Waals surface area contributed by atoms with Gasteiger partial charge in [0.05, 0.1) is 5.41 Å². The van der Waals surface area contributed by atoms with Gasteiger partial charge >= 0.3 is 0 Å². The number of carbonyl (C=O) groups excluding carboxylic acids is 1. The number of halogens is 2. The summed E-state index contributed by atoms with van der Waals surface area (Å²) in [5.74, 6) is -2.69. The highest BCUT2D eigenvalue weighted by molar-refractivity contribution is 5.79. The Hall–Kier alpha value is -0.670. The molecule has 1 fully saturated rings. The number of likely N-dealkylation sites (tertiary alicyclic amines) is 1. The van der Waals surface area contributed by atoms with Crippen molar-refractivity contribution < 1.29 is 13.6 Å². The maximum absolute atomic E-state index is 13.6. The predicted molar refractivity (Wildman–Crippen MR) is 64.0 cm³/mol. The molecule has 0 spiro atoms. The summed E-state index contributed by atoms with van der Waals surface area (Å²) in [6, 6.07) is 0. The molecule has 0 aliphatic carbocycles. The predicted octanol–water partition coefficient (Wildman–Crippen LogP) is 3.32. The van der Waals surface area contributed by atoms with Gasteiger partial charge in [-0.25, -0.2) is 8.78 Å². The third-order valence-electron chi connectivity index (χ3n) is 3.86. The van der Waals surface area contributed by atoms with Crippen LogP contribution in [-0.4, -0.2) is 29.8 Å². The minimum atomic E-state index is -2.67. The zero-order chi connectivity index (χ0) is 13.3. The standard InChI is InChI=1S/C13H23F2NO/c1-5-7-10(3)11(17)16-8-12(4,9-16)13(14,15)6-2/h10H,5-9H2,1-4H3. The largest absolute Gasteiger partial charge is 0.341 e. The maximum Gasteiger partial charge on any atom is 0.256 e. The monoisotopic (exact) mass is 247 g/mol. The normalized spacial score (nSPS) is 20.9. The molecule has 0 aromatic carbocycles. The molecule has 0 bridgehead atoms. The van der Waals surface area contributed by atoms with E-state index >= 15 is 0 Å². The van der Waals surface area contributed by atoms with Crippen LogP contribution >= 0.6 is 0 Å². The summed E-state index contributed by atoms with van der Waals surface area (Å²) in [6.07, 6.45) is 1.62. The number of nitrogens with zero attached hydrogens (tertiary/aromatic N) is 1. The van der Waals surface area contributed by atoms with Gasteiger partial charge in [-0.3, -0.25) is 4.79 Å². The van der Waals surface area contributed by atoms with Crippen molar-refractivity contribution in [3.8, 4) is 0 Å². The Morgan fingerprint density at radius 2 is 1.94 bits per heavy atom. The molecule has 0 aromatic rings. The lowest BCUT2D eigenvalue weighted by Gasteiger charge is -2.52. The van der Waals surface area contributed by atoms with E-state index in [4.69, 9.17) is 0 Å². The average Bonchev–Trinajstić information content (AvgIpc) is 2.23. The van der Waals surface area contributed by atoms with E-state index in [9.17, 15) is 13.6 Å². The molecule has 4 heteroatoms. The van der Waals surface area contributed by atoms with Gasteiger partial charge in [0, 0.05) is 25.4 Å². The Balaban J connectivity index is 2.54. The number of hydrogen-bond acceptors (Lipinski definition) is 1. The van der Waals surface area contributed by atoms with Crippen LogP contribution in [0.2, 0.25) is 0 Å². The van der Waals surface area contributed by atoms with E-state index in [2.05, 4.69) is 0 Å². The molecule has 100 valence electrons. The fraction of sp³-hybridized carbons (Fsp3) is 0.923. The third-order valence-corrected chi connectivity index (χ3v) is 3.86. The van der Waals surface area contributed by atoms with Crippen LogP contribution in [0.5, 0.6) is 0 Å². The molecule has 1 aliphatic heterocycles. The van der Waals surface area contributed by atoms with Crippen LogP contribution in [0.1, 0.15) is 47.0 Å². The van der Waals surface area contributed by atoms with Gasteiger partial charge < -0.3 is 4.90 Å². The molecule has 17 heavy (non-hydrogen) atoms. The third kappa shape index (κ3) is 2.61. The minimum absolute atomic E-state index is 0.0243. The highest BCUT2D eigenvalue weighted by Gasteiger charge is 2.57. The summed E-state index contributed by atoms with van der Waals surface area (Å²) in [4.78, 5) is 13.5. The molecular formula is C13H23F2NO. The number of alkyl halides is 2. The number of rotatable bonds is 5. The second kappa shape index (κ2) is 4.91. The first kappa shape index (κ1) is 14.4. The van der Waals surface area contributed by atoms with Gasteiger partial charge in [-0.2, -0.15) is 0 Å². The fourth-order valence-corrected chi connectivity index (χ4v) is 2.48. The summed E-state index contributed by atoms with van der Waals surface area (Å²) in [5, 5.41) is 0. The van der Waals surface area contributed by atoms with Crippen LogP contribution in [-0.2, 0) is 4.79 Å². The molecular weight excluding hydrogens is 224 g/mol. The van der Waals surface area contributed by atoms with E-state index < -0.39 is 11.3 Å². The zero-order valence-corrected chi connectivity index (χ0v) is 11.2. The Bertz CT molecular complexity index is 285. The van der Waals surface area contributed by atoms with Crippen molar-refractivity contribution in [1.82, 2.24) is 4.90 Å². The molecule has 0 aromatic heterocycles. The SMILES string of the molecule is CCCC(C)C(=O)N1CC(C)(C(F)(F)CC)C1. The molecule has 1 aliphatic rings. The average molecular weight is 247 g/mol. The van der Waals surface area contributed by atoms with E-state index in [-0.39, 0.29) is 31.3 Å². The van der Waals surface area contributed by atoms with E-state index in [1.165, 1.54) is 6.92 Å². The van der Waals surface area contributed by atoms with E-state index in [1.807, 2.05) is 13.8 Å². The van der Waals surface area contributed by atoms with Crippen molar-refractivity contribution in [2.75, 3.05) is 13.1 Å². The van der Waals surface area contributed by atoms with Gasteiger partial charge in [0.2, 0.25) is 5.91 Å². The van der Waals surface area contributed by atoms with Crippen molar-refractivity contribution in [2.24, 2.45) is 11.3 Å². The topological polar surface area (TPSA) is 20.3 Å². The van der Waals surface area contributed by atoms with E-state index in [1.54, 1.807) is 11.8 Å². The van der Waals surface area contributed by atoms with Crippen molar-refractivity contribution in [3.63, 3.8) is 0 Å². The second-order valence-corrected chi connectivity index (χ2v) is 5.50. The van der Waals surface area contributed by atoms with Crippen molar-refractivity contribution in [1.29, 1.82) is 0 Å².